The number of rotatable bonds is 4. The standard InChI is InChI=1S/C13H19NO3S2/c1-11-10-14(7-9-18-11)19(16,17)13-4-2-12(3-5-13)6-8-15/h2-5,11,15H,6-10H2,1H3. The first kappa shape index (κ1) is 14.8. The van der Waals surface area contributed by atoms with Crippen LogP contribution in [0.1, 0.15) is 12.5 Å². The van der Waals surface area contributed by atoms with Crippen molar-refractivity contribution in [1.29, 1.82) is 0 Å². The minimum absolute atomic E-state index is 0.0763. The molecular formula is C13H19NO3S2. The molecule has 1 aromatic carbocycles. The van der Waals surface area contributed by atoms with E-state index in [9.17, 15) is 8.42 Å². The summed E-state index contributed by atoms with van der Waals surface area (Å²) in [4.78, 5) is 0.341. The van der Waals surface area contributed by atoms with Crippen LogP contribution >= 0.6 is 11.8 Å². The van der Waals surface area contributed by atoms with Crippen LogP contribution in [0.4, 0.5) is 0 Å². The highest BCUT2D eigenvalue weighted by Crippen LogP contribution is 2.24. The Bertz CT molecular complexity index is 513. The van der Waals surface area contributed by atoms with Gasteiger partial charge in [0.15, 0.2) is 0 Å². The molecule has 0 bridgehead atoms. The van der Waals surface area contributed by atoms with Gasteiger partial charge in [-0.15, -0.1) is 0 Å². The minimum Gasteiger partial charge on any atom is -0.396 e. The summed E-state index contributed by atoms with van der Waals surface area (Å²) in [5.41, 5.74) is 0.948. The molecule has 0 saturated carbocycles. The zero-order valence-electron chi connectivity index (χ0n) is 10.9. The molecular weight excluding hydrogens is 282 g/mol. The average molecular weight is 301 g/mol. The SMILES string of the molecule is CC1CN(S(=O)(=O)c2ccc(CCO)cc2)CCS1. The van der Waals surface area contributed by atoms with Crippen LogP contribution in [0, 0.1) is 0 Å². The maximum Gasteiger partial charge on any atom is 0.243 e. The molecule has 1 unspecified atom stereocenters. The van der Waals surface area contributed by atoms with Gasteiger partial charge in [-0.25, -0.2) is 8.42 Å². The highest BCUT2D eigenvalue weighted by Gasteiger charge is 2.28. The zero-order chi connectivity index (χ0) is 13.9. The first-order valence-electron chi connectivity index (χ1n) is 6.35. The van der Waals surface area contributed by atoms with Crippen molar-refractivity contribution >= 4 is 21.8 Å². The van der Waals surface area contributed by atoms with E-state index in [4.69, 9.17) is 5.11 Å². The number of benzene rings is 1. The zero-order valence-corrected chi connectivity index (χ0v) is 12.6. The Kier molecular flexibility index (Phi) is 4.89. The van der Waals surface area contributed by atoms with E-state index >= 15 is 0 Å². The highest BCUT2D eigenvalue weighted by atomic mass is 32.2. The Hall–Kier alpha value is -0.560. The van der Waals surface area contributed by atoms with Gasteiger partial charge in [0.2, 0.25) is 10.0 Å². The summed E-state index contributed by atoms with van der Waals surface area (Å²) in [6.45, 7) is 3.28. The van der Waals surface area contributed by atoms with Crippen LogP contribution in [0.15, 0.2) is 29.2 Å². The van der Waals surface area contributed by atoms with Gasteiger partial charge in [0.25, 0.3) is 0 Å². The van der Waals surface area contributed by atoms with E-state index in [1.807, 2.05) is 11.8 Å². The summed E-state index contributed by atoms with van der Waals surface area (Å²) in [6.07, 6.45) is 0.553. The lowest BCUT2D eigenvalue weighted by molar-refractivity contribution is 0.299. The molecule has 1 atom stereocenters. The number of aliphatic hydroxyl groups excluding tert-OH is 1. The largest absolute Gasteiger partial charge is 0.396 e. The molecule has 1 aromatic rings. The van der Waals surface area contributed by atoms with Crippen molar-refractivity contribution in [3.8, 4) is 0 Å². The first-order valence-corrected chi connectivity index (χ1v) is 8.84. The number of sulfonamides is 1. The fraction of sp³-hybridized carbons (Fsp3) is 0.538. The molecule has 0 spiro atoms. The third-order valence-corrected chi connectivity index (χ3v) is 6.18. The number of hydrogen-bond acceptors (Lipinski definition) is 4. The van der Waals surface area contributed by atoms with Gasteiger partial charge in [0.1, 0.15) is 0 Å². The number of thioether (sulfide) groups is 1. The van der Waals surface area contributed by atoms with Gasteiger partial charge < -0.3 is 5.11 Å². The summed E-state index contributed by atoms with van der Waals surface area (Å²) in [5.74, 6) is 0.850. The van der Waals surface area contributed by atoms with Gasteiger partial charge in [-0.05, 0) is 24.1 Å². The number of hydrogen-bond donors (Lipinski definition) is 1. The third-order valence-electron chi connectivity index (χ3n) is 3.17. The molecule has 106 valence electrons. The molecule has 1 N–H and O–H groups in total. The van der Waals surface area contributed by atoms with Crippen LogP contribution in [0.25, 0.3) is 0 Å². The molecule has 4 nitrogen and oxygen atoms in total. The van der Waals surface area contributed by atoms with Crippen molar-refractivity contribution in [1.82, 2.24) is 4.31 Å². The van der Waals surface area contributed by atoms with Crippen LogP contribution in [0.3, 0.4) is 0 Å². The lowest BCUT2D eigenvalue weighted by atomic mass is 10.2. The Morgan fingerprint density at radius 2 is 2.05 bits per heavy atom. The van der Waals surface area contributed by atoms with Crippen LogP contribution < -0.4 is 0 Å². The van der Waals surface area contributed by atoms with Crippen molar-refractivity contribution in [3.63, 3.8) is 0 Å². The molecule has 19 heavy (non-hydrogen) atoms. The van der Waals surface area contributed by atoms with Gasteiger partial charge in [0, 0.05) is 30.7 Å². The molecule has 1 fully saturated rings. The summed E-state index contributed by atoms with van der Waals surface area (Å²) < 4.78 is 26.5. The Morgan fingerprint density at radius 1 is 1.37 bits per heavy atom. The fourth-order valence-corrected chi connectivity index (χ4v) is 4.86. The van der Waals surface area contributed by atoms with Crippen molar-refractivity contribution in [2.24, 2.45) is 0 Å². The van der Waals surface area contributed by atoms with Gasteiger partial charge in [-0.3, -0.25) is 0 Å². The van der Waals surface area contributed by atoms with Crippen LogP contribution in [0.2, 0.25) is 0 Å². The first-order chi connectivity index (χ1) is 9.04. The van der Waals surface area contributed by atoms with Crippen molar-refractivity contribution in [2.45, 2.75) is 23.5 Å². The molecule has 0 amide bonds. The Morgan fingerprint density at radius 3 is 2.63 bits per heavy atom. The lowest BCUT2D eigenvalue weighted by Gasteiger charge is -2.29. The minimum atomic E-state index is -3.37. The molecule has 1 aliphatic rings. The molecule has 2 rings (SSSR count). The van der Waals surface area contributed by atoms with Gasteiger partial charge >= 0.3 is 0 Å². The van der Waals surface area contributed by atoms with E-state index in [0.29, 0.717) is 29.7 Å². The quantitative estimate of drug-likeness (QED) is 0.912. The number of aliphatic hydroxyl groups is 1. The predicted molar refractivity (Wildman–Crippen MR) is 77.9 cm³/mol. The van der Waals surface area contributed by atoms with Crippen LogP contribution in [-0.4, -0.2) is 48.5 Å². The van der Waals surface area contributed by atoms with Crippen LogP contribution in [-0.2, 0) is 16.4 Å². The van der Waals surface area contributed by atoms with Gasteiger partial charge in [-0.2, -0.15) is 16.1 Å². The Balaban J connectivity index is 2.18. The number of nitrogens with zero attached hydrogens (tertiary/aromatic N) is 1. The smallest absolute Gasteiger partial charge is 0.243 e. The topological polar surface area (TPSA) is 57.6 Å². The second-order valence-corrected chi connectivity index (χ2v) is 8.15. The van der Waals surface area contributed by atoms with Crippen LogP contribution in [0.5, 0.6) is 0 Å². The fourth-order valence-electron chi connectivity index (χ4n) is 2.11. The van der Waals surface area contributed by atoms with E-state index in [0.717, 1.165) is 11.3 Å². The average Bonchev–Trinajstić information content (AvgIpc) is 2.40. The van der Waals surface area contributed by atoms with E-state index in [1.165, 1.54) is 0 Å². The van der Waals surface area contributed by atoms with E-state index in [1.54, 1.807) is 28.6 Å². The molecule has 1 aliphatic heterocycles. The monoisotopic (exact) mass is 301 g/mol. The molecule has 1 saturated heterocycles. The molecule has 1 heterocycles. The molecule has 0 aromatic heterocycles. The summed E-state index contributed by atoms with van der Waals surface area (Å²) >= 11 is 1.81. The Labute approximate surface area is 118 Å². The summed E-state index contributed by atoms with van der Waals surface area (Å²) in [5, 5.41) is 9.20. The highest BCUT2D eigenvalue weighted by molar-refractivity contribution is 8.00. The lowest BCUT2D eigenvalue weighted by Crippen LogP contribution is -2.40. The second-order valence-electron chi connectivity index (χ2n) is 4.66. The molecule has 0 aliphatic carbocycles. The molecule has 6 heteroatoms. The normalized spacial score (nSPS) is 21.5. The van der Waals surface area contributed by atoms with Crippen molar-refractivity contribution in [2.75, 3.05) is 25.4 Å². The predicted octanol–water partition coefficient (Wildman–Crippen LogP) is 1.35. The van der Waals surface area contributed by atoms with E-state index in [-0.39, 0.29) is 6.61 Å². The van der Waals surface area contributed by atoms with E-state index in [2.05, 4.69) is 6.92 Å². The molecule has 0 radical (unpaired) electrons. The van der Waals surface area contributed by atoms with Crippen molar-refractivity contribution < 1.29 is 13.5 Å². The third kappa shape index (κ3) is 3.51. The summed E-state index contributed by atoms with van der Waals surface area (Å²) in [7, 11) is -3.37. The van der Waals surface area contributed by atoms with Gasteiger partial charge in [-0.1, -0.05) is 19.1 Å². The van der Waals surface area contributed by atoms with E-state index < -0.39 is 10.0 Å². The maximum atomic E-state index is 12.5. The summed E-state index contributed by atoms with van der Waals surface area (Å²) in [6, 6.07) is 6.80. The maximum absolute atomic E-state index is 12.5. The van der Waals surface area contributed by atoms with Crippen molar-refractivity contribution in [3.05, 3.63) is 29.8 Å². The van der Waals surface area contributed by atoms with Gasteiger partial charge in [0.05, 0.1) is 4.90 Å². The second kappa shape index (κ2) is 6.26.